The van der Waals surface area contributed by atoms with Gasteiger partial charge in [0.15, 0.2) is 0 Å². The fraction of sp³-hybridized carbons (Fsp3) is 0.500. The fourth-order valence-corrected chi connectivity index (χ4v) is 1.83. The van der Waals surface area contributed by atoms with Crippen LogP contribution in [-0.2, 0) is 0 Å². The van der Waals surface area contributed by atoms with E-state index in [1.807, 2.05) is 6.92 Å². The molecule has 0 radical (unpaired) electrons. The molecular formula is C12H17Cl2NO. The molecule has 0 heterocycles. The van der Waals surface area contributed by atoms with E-state index in [-0.39, 0.29) is 16.8 Å². The van der Waals surface area contributed by atoms with E-state index in [4.69, 9.17) is 23.2 Å². The third-order valence-electron chi connectivity index (χ3n) is 2.55. The molecule has 0 aliphatic heterocycles. The zero-order valence-electron chi connectivity index (χ0n) is 9.56. The number of aromatic hydroxyl groups is 1. The van der Waals surface area contributed by atoms with Gasteiger partial charge in [-0.25, -0.2) is 0 Å². The molecule has 1 rings (SSSR count). The van der Waals surface area contributed by atoms with E-state index < -0.39 is 0 Å². The van der Waals surface area contributed by atoms with Crippen LogP contribution in [0.1, 0.15) is 38.3 Å². The molecule has 2 N–H and O–H groups in total. The summed E-state index contributed by atoms with van der Waals surface area (Å²) in [5.74, 6) is 0.0747. The SMILES string of the molecule is CCCCNC(C)c1ccc(Cl)c(Cl)c1O. The Hall–Kier alpha value is -0.440. The Morgan fingerprint density at radius 3 is 2.69 bits per heavy atom. The van der Waals surface area contributed by atoms with Gasteiger partial charge < -0.3 is 10.4 Å². The molecule has 1 atom stereocenters. The van der Waals surface area contributed by atoms with Crippen molar-refractivity contribution in [2.24, 2.45) is 0 Å². The van der Waals surface area contributed by atoms with Gasteiger partial charge in [-0.15, -0.1) is 0 Å². The number of halogens is 2. The van der Waals surface area contributed by atoms with Crippen LogP contribution in [0.2, 0.25) is 10.0 Å². The Morgan fingerprint density at radius 1 is 1.38 bits per heavy atom. The van der Waals surface area contributed by atoms with Crippen LogP contribution in [0.4, 0.5) is 0 Å². The molecule has 0 aliphatic carbocycles. The van der Waals surface area contributed by atoms with E-state index in [2.05, 4.69) is 12.2 Å². The van der Waals surface area contributed by atoms with Gasteiger partial charge in [0.25, 0.3) is 0 Å². The number of rotatable bonds is 5. The second kappa shape index (κ2) is 6.33. The Kier molecular flexibility index (Phi) is 5.39. The Labute approximate surface area is 107 Å². The molecule has 2 nitrogen and oxygen atoms in total. The summed E-state index contributed by atoms with van der Waals surface area (Å²) in [7, 11) is 0. The van der Waals surface area contributed by atoms with Gasteiger partial charge >= 0.3 is 0 Å². The number of phenols is 1. The van der Waals surface area contributed by atoms with Crippen LogP contribution in [0.15, 0.2) is 12.1 Å². The monoisotopic (exact) mass is 261 g/mol. The van der Waals surface area contributed by atoms with Gasteiger partial charge in [0.1, 0.15) is 10.8 Å². The highest BCUT2D eigenvalue weighted by atomic mass is 35.5. The minimum atomic E-state index is 0.0707. The van der Waals surface area contributed by atoms with Crippen LogP contribution >= 0.6 is 23.2 Å². The number of nitrogens with one attached hydrogen (secondary N) is 1. The van der Waals surface area contributed by atoms with Gasteiger partial charge in [-0.1, -0.05) is 42.6 Å². The maximum atomic E-state index is 9.85. The zero-order chi connectivity index (χ0) is 12.1. The summed E-state index contributed by atoms with van der Waals surface area (Å²) in [6.07, 6.45) is 2.26. The topological polar surface area (TPSA) is 32.3 Å². The highest BCUT2D eigenvalue weighted by Gasteiger charge is 2.14. The number of phenolic OH excluding ortho intramolecular Hbond substituents is 1. The fourth-order valence-electron chi connectivity index (χ4n) is 1.51. The van der Waals surface area contributed by atoms with Gasteiger partial charge in [0, 0.05) is 11.6 Å². The Morgan fingerprint density at radius 2 is 2.06 bits per heavy atom. The van der Waals surface area contributed by atoms with Crippen molar-refractivity contribution in [3.63, 3.8) is 0 Å². The van der Waals surface area contributed by atoms with E-state index in [1.54, 1.807) is 12.1 Å². The predicted molar refractivity (Wildman–Crippen MR) is 69.5 cm³/mol. The van der Waals surface area contributed by atoms with Crippen molar-refractivity contribution in [2.75, 3.05) is 6.54 Å². The number of benzene rings is 1. The van der Waals surface area contributed by atoms with E-state index in [0.29, 0.717) is 5.02 Å². The quantitative estimate of drug-likeness (QED) is 0.781. The third kappa shape index (κ3) is 3.27. The largest absolute Gasteiger partial charge is 0.506 e. The van der Waals surface area contributed by atoms with Gasteiger partial charge in [0.2, 0.25) is 0 Å². The van der Waals surface area contributed by atoms with E-state index >= 15 is 0 Å². The summed E-state index contributed by atoms with van der Waals surface area (Å²) in [4.78, 5) is 0. The van der Waals surface area contributed by atoms with Crippen LogP contribution in [0.25, 0.3) is 0 Å². The average molecular weight is 262 g/mol. The Balaban J connectivity index is 2.76. The Bertz CT molecular complexity index is 355. The van der Waals surface area contributed by atoms with Crippen molar-refractivity contribution in [1.82, 2.24) is 5.32 Å². The molecule has 16 heavy (non-hydrogen) atoms. The number of hydrogen-bond donors (Lipinski definition) is 2. The van der Waals surface area contributed by atoms with Crippen molar-refractivity contribution < 1.29 is 5.11 Å². The first-order valence-corrected chi connectivity index (χ1v) is 6.23. The van der Waals surface area contributed by atoms with E-state index in [1.165, 1.54) is 0 Å². The molecule has 0 spiro atoms. The van der Waals surface area contributed by atoms with Crippen LogP contribution < -0.4 is 5.32 Å². The van der Waals surface area contributed by atoms with Crippen molar-refractivity contribution in [3.8, 4) is 5.75 Å². The van der Waals surface area contributed by atoms with Gasteiger partial charge in [-0.2, -0.15) is 0 Å². The van der Waals surface area contributed by atoms with Crippen molar-refractivity contribution in [1.29, 1.82) is 0 Å². The van der Waals surface area contributed by atoms with Crippen LogP contribution in [0.5, 0.6) is 5.75 Å². The van der Waals surface area contributed by atoms with Crippen molar-refractivity contribution >= 4 is 23.2 Å². The maximum absolute atomic E-state index is 9.85. The minimum Gasteiger partial charge on any atom is -0.506 e. The van der Waals surface area contributed by atoms with E-state index in [9.17, 15) is 5.11 Å². The third-order valence-corrected chi connectivity index (χ3v) is 3.34. The smallest absolute Gasteiger partial charge is 0.140 e. The van der Waals surface area contributed by atoms with Crippen molar-refractivity contribution in [2.45, 2.75) is 32.7 Å². The number of unbranched alkanes of at least 4 members (excludes halogenated alkanes) is 1. The molecule has 0 fully saturated rings. The zero-order valence-corrected chi connectivity index (χ0v) is 11.1. The predicted octanol–water partition coefficient (Wildman–Crippen LogP) is 4.15. The van der Waals surface area contributed by atoms with Crippen LogP contribution in [0.3, 0.4) is 0 Å². The normalized spacial score (nSPS) is 12.8. The lowest BCUT2D eigenvalue weighted by Gasteiger charge is -2.16. The lowest BCUT2D eigenvalue weighted by Crippen LogP contribution is -2.19. The summed E-state index contributed by atoms with van der Waals surface area (Å²) in [6.45, 7) is 5.06. The summed E-state index contributed by atoms with van der Waals surface area (Å²) >= 11 is 11.7. The first kappa shape index (κ1) is 13.6. The molecule has 4 heteroatoms. The van der Waals surface area contributed by atoms with E-state index in [0.717, 1.165) is 24.9 Å². The lowest BCUT2D eigenvalue weighted by atomic mass is 10.1. The number of hydrogen-bond acceptors (Lipinski definition) is 2. The second-order valence-corrected chi connectivity index (χ2v) is 4.61. The van der Waals surface area contributed by atoms with Crippen LogP contribution in [-0.4, -0.2) is 11.7 Å². The first-order valence-electron chi connectivity index (χ1n) is 5.48. The summed E-state index contributed by atoms with van der Waals surface area (Å²) < 4.78 is 0. The molecular weight excluding hydrogens is 245 g/mol. The highest BCUT2D eigenvalue weighted by molar-refractivity contribution is 6.43. The molecule has 1 aromatic carbocycles. The molecule has 90 valence electrons. The molecule has 0 aliphatic rings. The second-order valence-electron chi connectivity index (χ2n) is 3.83. The van der Waals surface area contributed by atoms with Crippen LogP contribution in [0, 0.1) is 0 Å². The molecule has 0 aromatic heterocycles. The molecule has 1 unspecified atom stereocenters. The summed E-state index contributed by atoms with van der Waals surface area (Å²) in [6, 6.07) is 3.57. The maximum Gasteiger partial charge on any atom is 0.140 e. The molecule has 0 bridgehead atoms. The van der Waals surface area contributed by atoms with Gasteiger partial charge in [0.05, 0.1) is 5.02 Å². The minimum absolute atomic E-state index is 0.0707. The summed E-state index contributed by atoms with van der Waals surface area (Å²) in [5.41, 5.74) is 0.783. The molecule has 0 saturated heterocycles. The lowest BCUT2D eigenvalue weighted by molar-refractivity contribution is 0.452. The van der Waals surface area contributed by atoms with Gasteiger partial charge in [-0.05, 0) is 26.0 Å². The van der Waals surface area contributed by atoms with Gasteiger partial charge in [-0.3, -0.25) is 0 Å². The molecule has 1 aromatic rings. The van der Waals surface area contributed by atoms with Crippen molar-refractivity contribution in [3.05, 3.63) is 27.7 Å². The first-order chi connectivity index (χ1) is 7.57. The molecule has 0 saturated carbocycles. The summed E-state index contributed by atoms with van der Waals surface area (Å²) in [5, 5.41) is 13.8. The average Bonchev–Trinajstić information content (AvgIpc) is 2.26. The highest BCUT2D eigenvalue weighted by Crippen LogP contribution is 2.36. The molecule has 0 amide bonds. The standard InChI is InChI=1S/C12H17Cl2NO/c1-3-4-7-15-8(2)9-5-6-10(13)11(14)12(9)16/h5-6,8,15-16H,3-4,7H2,1-2H3.